The summed E-state index contributed by atoms with van der Waals surface area (Å²) in [5.74, 6) is 0. The van der Waals surface area contributed by atoms with Crippen molar-refractivity contribution in [1.29, 1.82) is 0 Å². The van der Waals surface area contributed by atoms with E-state index in [1.165, 1.54) is 11.3 Å². The van der Waals surface area contributed by atoms with E-state index >= 15 is 0 Å². The summed E-state index contributed by atoms with van der Waals surface area (Å²) in [5, 5.41) is 9.21. The minimum Gasteiger partial charge on any atom is -0.397 e. The number of para-hydroxylation sites is 2. The smallest absolute Gasteiger partial charge is 0.273 e. The van der Waals surface area contributed by atoms with Crippen molar-refractivity contribution >= 4 is 32.7 Å². The summed E-state index contributed by atoms with van der Waals surface area (Å²) in [6, 6.07) is 10.1. The van der Waals surface area contributed by atoms with Crippen molar-refractivity contribution in [2.24, 2.45) is 0 Å². The monoisotopic (exact) mass is 326 g/mol. The molecule has 0 fully saturated rings. The zero-order valence-corrected chi connectivity index (χ0v) is 13.3. The van der Waals surface area contributed by atoms with Crippen LogP contribution in [-0.4, -0.2) is 26.7 Å². The molecule has 0 saturated heterocycles. The fourth-order valence-electron chi connectivity index (χ4n) is 1.97. The highest BCUT2D eigenvalue weighted by Gasteiger charge is 2.27. The maximum absolute atomic E-state index is 12.8. The molecule has 0 aliphatic rings. The van der Waals surface area contributed by atoms with Gasteiger partial charge in [-0.1, -0.05) is 19.1 Å². The maximum Gasteiger partial charge on any atom is 0.273 e. The first kappa shape index (κ1) is 15.8. The molecular weight excluding hydrogens is 308 g/mol. The summed E-state index contributed by atoms with van der Waals surface area (Å²) in [6.45, 7) is 1.67. The van der Waals surface area contributed by atoms with Gasteiger partial charge in [0.05, 0.1) is 24.5 Å². The molecule has 0 radical (unpaired) electrons. The molecule has 21 heavy (non-hydrogen) atoms. The second kappa shape index (κ2) is 6.46. The number of anilines is 2. The molecule has 0 saturated carbocycles. The lowest BCUT2D eigenvalue weighted by atomic mass is 10.3. The number of benzene rings is 1. The highest BCUT2D eigenvalue weighted by molar-refractivity contribution is 7.94. The third kappa shape index (κ3) is 3.20. The second-order valence-corrected chi connectivity index (χ2v) is 7.69. The molecule has 7 heteroatoms. The van der Waals surface area contributed by atoms with Crippen molar-refractivity contribution in [2.75, 3.05) is 23.2 Å². The molecule has 0 atom stereocenters. The van der Waals surface area contributed by atoms with Gasteiger partial charge >= 0.3 is 0 Å². The molecule has 0 amide bonds. The van der Waals surface area contributed by atoms with Gasteiger partial charge in [0.2, 0.25) is 0 Å². The first-order valence-electron chi connectivity index (χ1n) is 6.57. The number of hydrogen-bond donors (Lipinski definition) is 2. The van der Waals surface area contributed by atoms with Gasteiger partial charge in [0.15, 0.2) is 0 Å². The predicted molar refractivity (Wildman–Crippen MR) is 86.2 cm³/mol. The minimum absolute atomic E-state index is 0.0318. The van der Waals surface area contributed by atoms with Gasteiger partial charge in [-0.2, -0.15) is 0 Å². The fourth-order valence-corrected chi connectivity index (χ4v) is 4.86. The topological polar surface area (TPSA) is 83.6 Å². The van der Waals surface area contributed by atoms with Crippen molar-refractivity contribution in [3.05, 3.63) is 41.3 Å². The molecule has 0 unspecified atom stereocenters. The summed E-state index contributed by atoms with van der Waals surface area (Å²) >= 11 is 1.24. The van der Waals surface area contributed by atoms with Gasteiger partial charge in [-0.05, 0) is 30.7 Å². The van der Waals surface area contributed by atoms with Crippen LogP contribution in [0, 0.1) is 0 Å². The average molecular weight is 326 g/mol. The van der Waals surface area contributed by atoms with Crippen molar-refractivity contribution in [2.45, 2.75) is 17.6 Å². The highest BCUT2D eigenvalue weighted by atomic mass is 32.2. The Hall–Kier alpha value is -1.57. The molecule has 1 aromatic carbocycles. The van der Waals surface area contributed by atoms with Crippen molar-refractivity contribution < 1.29 is 13.5 Å². The molecule has 0 spiro atoms. The SMILES string of the molecule is CCc1ccc(S(=O)(=O)N(CCO)c2ccccc2N)s1. The zero-order valence-electron chi connectivity index (χ0n) is 11.7. The Labute approximate surface area is 128 Å². The van der Waals surface area contributed by atoms with Gasteiger partial charge in [0.25, 0.3) is 10.0 Å². The van der Waals surface area contributed by atoms with Crippen LogP contribution in [0.15, 0.2) is 40.6 Å². The van der Waals surface area contributed by atoms with E-state index in [-0.39, 0.29) is 17.4 Å². The van der Waals surface area contributed by atoms with E-state index in [4.69, 9.17) is 5.73 Å². The molecular formula is C14H18N2O3S2. The van der Waals surface area contributed by atoms with Gasteiger partial charge in [-0.25, -0.2) is 8.42 Å². The third-order valence-electron chi connectivity index (χ3n) is 3.04. The molecule has 0 aliphatic carbocycles. The molecule has 114 valence electrons. The lowest BCUT2D eigenvalue weighted by molar-refractivity contribution is 0.307. The van der Waals surface area contributed by atoms with Gasteiger partial charge < -0.3 is 10.8 Å². The molecule has 2 aromatic rings. The van der Waals surface area contributed by atoms with Crippen molar-refractivity contribution in [3.8, 4) is 0 Å². The third-order valence-corrected chi connectivity index (χ3v) is 6.55. The number of thiophene rings is 1. The number of nitrogen functional groups attached to an aromatic ring is 1. The predicted octanol–water partition coefficient (Wildman–Crippen LogP) is 2.08. The van der Waals surface area contributed by atoms with Crippen LogP contribution in [0.1, 0.15) is 11.8 Å². The lowest BCUT2D eigenvalue weighted by Crippen LogP contribution is -2.33. The standard InChI is InChI=1S/C14H18N2O3S2/c1-2-11-7-8-14(20-11)21(18,19)16(9-10-17)13-6-4-3-5-12(13)15/h3-8,17H,2,9-10,15H2,1H3. The highest BCUT2D eigenvalue weighted by Crippen LogP contribution is 2.31. The summed E-state index contributed by atoms with van der Waals surface area (Å²) in [6.07, 6.45) is 0.785. The molecule has 3 N–H and O–H groups in total. The van der Waals surface area contributed by atoms with Crippen molar-refractivity contribution in [1.82, 2.24) is 0 Å². The Morgan fingerprint density at radius 1 is 1.24 bits per heavy atom. The van der Waals surface area contributed by atoms with Gasteiger partial charge in [0, 0.05) is 4.88 Å². The molecule has 0 bridgehead atoms. The normalized spacial score (nSPS) is 11.5. The van der Waals surface area contributed by atoms with Gasteiger partial charge in [-0.3, -0.25) is 4.31 Å². The van der Waals surface area contributed by atoms with Crippen LogP contribution in [0.4, 0.5) is 11.4 Å². The van der Waals surface area contributed by atoms with E-state index in [0.29, 0.717) is 11.4 Å². The zero-order chi connectivity index (χ0) is 15.5. The molecule has 0 aliphatic heterocycles. The van der Waals surface area contributed by atoms with E-state index < -0.39 is 10.0 Å². The summed E-state index contributed by atoms with van der Waals surface area (Å²) in [4.78, 5) is 0.999. The number of aryl methyl sites for hydroxylation is 1. The van der Waals surface area contributed by atoms with Gasteiger partial charge in [0.1, 0.15) is 4.21 Å². The Bertz CT molecular complexity index is 711. The minimum atomic E-state index is -3.72. The van der Waals surface area contributed by atoms with E-state index in [9.17, 15) is 13.5 Å². The van der Waals surface area contributed by atoms with Crippen LogP contribution in [0.3, 0.4) is 0 Å². The fraction of sp³-hybridized carbons (Fsp3) is 0.286. The van der Waals surface area contributed by atoms with Crippen LogP contribution < -0.4 is 10.0 Å². The second-order valence-electron chi connectivity index (χ2n) is 4.43. The quantitative estimate of drug-likeness (QED) is 0.796. The Morgan fingerprint density at radius 2 is 1.95 bits per heavy atom. The lowest BCUT2D eigenvalue weighted by Gasteiger charge is -2.24. The number of nitrogens with zero attached hydrogens (tertiary/aromatic N) is 1. The van der Waals surface area contributed by atoms with Crippen LogP contribution in [0.25, 0.3) is 0 Å². The molecule has 1 heterocycles. The van der Waals surface area contributed by atoms with Crippen LogP contribution in [0.2, 0.25) is 0 Å². The number of hydrogen-bond acceptors (Lipinski definition) is 5. The number of sulfonamides is 1. The first-order chi connectivity index (χ1) is 10.0. The molecule has 5 nitrogen and oxygen atoms in total. The summed E-state index contributed by atoms with van der Waals surface area (Å²) < 4.78 is 27.0. The van der Waals surface area contributed by atoms with Crippen LogP contribution >= 0.6 is 11.3 Å². The van der Waals surface area contributed by atoms with Crippen LogP contribution in [-0.2, 0) is 16.4 Å². The number of aliphatic hydroxyl groups is 1. The van der Waals surface area contributed by atoms with Gasteiger partial charge in [-0.15, -0.1) is 11.3 Å². The Morgan fingerprint density at radius 3 is 2.52 bits per heavy atom. The maximum atomic E-state index is 12.8. The number of nitrogens with two attached hydrogens (primary N) is 1. The number of aliphatic hydroxyl groups excluding tert-OH is 1. The molecule has 2 rings (SSSR count). The molecule has 1 aromatic heterocycles. The largest absolute Gasteiger partial charge is 0.397 e. The number of rotatable bonds is 6. The van der Waals surface area contributed by atoms with E-state index in [1.807, 2.05) is 13.0 Å². The average Bonchev–Trinajstić information content (AvgIpc) is 2.95. The summed E-state index contributed by atoms with van der Waals surface area (Å²) in [7, 11) is -3.72. The van der Waals surface area contributed by atoms with Crippen molar-refractivity contribution in [3.63, 3.8) is 0 Å². The van der Waals surface area contributed by atoms with Crippen LogP contribution in [0.5, 0.6) is 0 Å². The van der Waals surface area contributed by atoms with E-state index in [0.717, 1.165) is 15.6 Å². The Kier molecular flexibility index (Phi) is 4.87. The van der Waals surface area contributed by atoms with E-state index in [2.05, 4.69) is 0 Å². The summed E-state index contributed by atoms with van der Waals surface area (Å²) in [5.41, 5.74) is 6.62. The first-order valence-corrected chi connectivity index (χ1v) is 8.83. The van der Waals surface area contributed by atoms with E-state index in [1.54, 1.807) is 30.3 Å². The Balaban J connectivity index is 2.48.